The van der Waals surface area contributed by atoms with Crippen molar-refractivity contribution in [1.29, 1.82) is 0 Å². The maximum atomic E-state index is 12.6. The van der Waals surface area contributed by atoms with Crippen molar-refractivity contribution in [2.24, 2.45) is 0 Å². The second-order valence-corrected chi connectivity index (χ2v) is 7.75. The van der Waals surface area contributed by atoms with E-state index in [2.05, 4.69) is 31.5 Å². The molecule has 1 aliphatic heterocycles. The third-order valence-corrected chi connectivity index (χ3v) is 5.52. The van der Waals surface area contributed by atoms with Gasteiger partial charge < -0.3 is 15.4 Å². The van der Waals surface area contributed by atoms with Crippen molar-refractivity contribution in [2.75, 3.05) is 44.7 Å². The van der Waals surface area contributed by atoms with Gasteiger partial charge in [-0.2, -0.15) is 0 Å². The van der Waals surface area contributed by atoms with E-state index in [4.69, 9.17) is 4.74 Å². The Morgan fingerprint density at radius 1 is 0.931 bits per heavy atom. The second kappa shape index (κ2) is 11.1. The van der Waals surface area contributed by atoms with Gasteiger partial charge in [0.1, 0.15) is 0 Å². The largest absolute Gasteiger partial charge is 0.379 e. The van der Waals surface area contributed by atoms with Crippen LogP contribution < -0.4 is 10.6 Å². The molecule has 29 heavy (non-hydrogen) atoms. The van der Waals surface area contributed by atoms with Crippen LogP contribution in [0.5, 0.6) is 0 Å². The molecule has 7 heteroatoms. The molecule has 0 aromatic heterocycles. The van der Waals surface area contributed by atoms with Crippen molar-refractivity contribution >= 4 is 33.4 Å². The van der Waals surface area contributed by atoms with Crippen LogP contribution in [0.15, 0.2) is 53.0 Å². The first-order valence-electron chi connectivity index (χ1n) is 9.88. The van der Waals surface area contributed by atoms with Crippen LogP contribution in [0.25, 0.3) is 0 Å². The zero-order valence-electron chi connectivity index (χ0n) is 16.3. The highest BCUT2D eigenvalue weighted by molar-refractivity contribution is 9.10. The van der Waals surface area contributed by atoms with Gasteiger partial charge in [0.2, 0.25) is 0 Å². The quantitative estimate of drug-likeness (QED) is 0.592. The van der Waals surface area contributed by atoms with Crippen molar-refractivity contribution in [1.82, 2.24) is 10.2 Å². The SMILES string of the molecule is O=C(Nc1ccccc1C(=O)NCCCCN1CCOCC1)c1ccccc1Br. The number of morpholine rings is 1. The van der Waals surface area contributed by atoms with E-state index >= 15 is 0 Å². The summed E-state index contributed by atoms with van der Waals surface area (Å²) in [5.41, 5.74) is 1.48. The highest BCUT2D eigenvalue weighted by Gasteiger charge is 2.15. The second-order valence-electron chi connectivity index (χ2n) is 6.90. The number of hydrogen-bond donors (Lipinski definition) is 2. The molecule has 0 unspecified atom stereocenters. The topological polar surface area (TPSA) is 70.7 Å². The van der Waals surface area contributed by atoms with Gasteiger partial charge in [0, 0.05) is 24.1 Å². The first-order valence-corrected chi connectivity index (χ1v) is 10.7. The molecule has 0 saturated carbocycles. The summed E-state index contributed by atoms with van der Waals surface area (Å²) < 4.78 is 6.06. The van der Waals surface area contributed by atoms with Crippen LogP contribution in [0.1, 0.15) is 33.6 Å². The van der Waals surface area contributed by atoms with Crippen LogP contribution in [0, 0.1) is 0 Å². The minimum absolute atomic E-state index is 0.181. The summed E-state index contributed by atoms with van der Waals surface area (Å²) in [4.78, 5) is 27.6. The van der Waals surface area contributed by atoms with E-state index in [9.17, 15) is 9.59 Å². The van der Waals surface area contributed by atoms with Crippen LogP contribution in [0.2, 0.25) is 0 Å². The van der Waals surface area contributed by atoms with E-state index < -0.39 is 0 Å². The minimum Gasteiger partial charge on any atom is -0.379 e. The number of nitrogens with zero attached hydrogens (tertiary/aromatic N) is 1. The lowest BCUT2D eigenvalue weighted by Crippen LogP contribution is -2.37. The Labute approximate surface area is 179 Å². The molecule has 0 radical (unpaired) electrons. The number of carbonyl (C=O) groups excluding carboxylic acids is 2. The number of halogens is 1. The molecular weight excluding hydrogens is 434 g/mol. The molecule has 1 saturated heterocycles. The Hall–Kier alpha value is -2.22. The first-order chi connectivity index (χ1) is 14.1. The van der Waals surface area contributed by atoms with Gasteiger partial charge in [-0.15, -0.1) is 0 Å². The number of anilines is 1. The summed E-state index contributed by atoms with van der Waals surface area (Å²) in [6.07, 6.45) is 1.94. The van der Waals surface area contributed by atoms with Gasteiger partial charge in [0.05, 0.1) is 30.0 Å². The molecule has 0 spiro atoms. The number of amides is 2. The minimum atomic E-state index is -0.261. The number of nitrogens with one attached hydrogen (secondary N) is 2. The van der Waals surface area contributed by atoms with Crippen LogP contribution in [-0.2, 0) is 4.74 Å². The van der Waals surface area contributed by atoms with Crippen LogP contribution >= 0.6 is 15.9 Å². The molecule has 2 aromatic carbocycles. The Morgan fingerprint density at radius 2 is 1.62 bits per heavy atom. The van der Waals surface area contributed by atoms with Crippen molar-refractivity contribution in [3.63, 3.8) is 0 Å². The Balaban J connectivity index is 1.50. The lowest BCUT2D eigenvalue weighted by Gasteiger charge is -2.26. The van der Waals surface area contributed by atoms with E-state index in [0.717, 1.165) is 45.7 Å². The summed E-state index contributed by atoms with van der Waals surface area (Å²) in [5, 5.41) is 5.80. The highest BCUT2D eigenvalue weighted by atomic mass is 79.9. The van der Waals surface area contributed by atoms with E-state index in [0.29, 0.717) is 27.8 Å². The molecular formula is C22H26BrN3O3. The van der Waals surface area contributed by atoms with Gasteiger partial charge in [-0.1, -0.05) is 24.3 Å². The van der Waals surface area contributed by atoms with E-state index in [-0.39, 0.29) is 11.8 Å². The molecule has 0 atom stereocenters. The Bertz CT molecular complexity index is 838. The van der Waals surface area contributed by atoms with Gasteiger partial charge in [-0.25, -0.2) is 0 Å². The fraction of sp³-hybridized carbons (Fsp3) is 0.364. The van der Waals surface area contributed by atoms with Crippen LogP contribution in [-0.4, -0.2) is 56.1 Å². The predicted molar refractivity (Wildman–Crippen MR) is 117 cm³/mol. The monoisotopic (exact) mass is 459 g/mol. The van der Waals surface area contributed by atoms with Gasteiger partial charge in [-0.05, 0) is 59.6 Å². The third kappa shape index (κ3) is 6.39. The molecule has 0 bridgehead atoms. The number of hydrogen-bond acceptors (Lipinski definition) is 4. The van der Waals surface area contributed by atoms with E-state index in [1.165, 1.54) is 0 Å². The summed E-state index contributed by atoms with van der Waals surface area (Å²) in [6.45, 7) is 5.21. The average Bonchev–Trinajstić information content (AvgIpc) is 2.74. The number of ether oxygens (including phenoxy) is 1. The Morgan fingerprint density at radius 3 is 2.38 bits per heavy atom. The Kier molecular flexibility index (Phi) is 8.22. The van der Waals surface area contributed by atoms with Crippen LogP contribution in [0.4, 0.5) is 5.69 Å². The summed E-state index contributed by atoms with van der Waals surface area (Å²) in [7, 11) is 0. The standard InChI is InChI=1S/C22H26BrN3O3/c23-19-9-3-1-7-17(19)22(28)25-20-10-4-2-8-18(20)21(27)24-11-5-6-12-26-13-15-29-16-14-26/h1-4,7-10H,5-6,11-16H2,(H,24,27)(H,25,28). The highest BCUT2D eigenvalue weighted by Crippen LogP contribution is 2.20. The van der Waals surface area contributed by atoms with Gasteiger partial charge >= 0.3 is 0 Å². The maximum absolute atomic E-state index is 12.6. The fourth-order valence-corrected chi connectivity index (χ4v) is 3.67. The molecule has 2 aromatic rings. The predicted octanol–water partition coefficient (Wildman–Crippen LogP) is 3.54. The lowest BCUT2D eigenvalue weighted by atomic mass is 10.1. The lowest BCUT2D eigenvalue weighted by molar-refractivity contribution is 0.0372. The van der Waals surface area contributed by atoms with Crippen molar-refractivity contribution in [3.05, 3.63) is 64.1 Å². The third-order valence-electron chi connectivity index (χ3n) is 4.83. The van der Waals surface area contributed by atoms with Gasteiger partial charge in [0.15, 0.2) is 0 Å². The number of para-hydroxylation sites is 1. The number of carbonyl (C=O) groups is 2. The summed E-state index contributed by atoms with van der Waals surface area (Å²) in [6, 6.07) is 14.2. The number of rotatable bonds is 8. The average molecular weight is 460 g/mol. The molecule has 0 aliphatic carbocycles. The molecule has 1 aliphatic rings. The summed E-state index contributed by atoms with van der Waals surface area (Å²) in [5.74, 6) is -0.442. The molecule has 1 fully saturated rings. The van der Waals surface area contributed by atoms with E-state index in [1.54, 1.807) is 36.4 Å². The molecule has 6 nitrogen and oxygen atoms in total. The zero-order chi connectivity index (χ0) is 20.5. The zero-order valence-corrected chi connectivity index (χ0v) is 17.9. The van der Waals surface area contributed by atoms with Crippen LogP contribution in [0.3, 0.4) is 0 Å². The fourth-order valence-electron chi connectivity index (χ4n) is 3.21. The first kappa shape index (κ1) is 21.5. The maximum Gasteiger partial charge on any atom is 0.256 e. The van der Waals surface area contributed by atoms with Gasteiger partial charge in [0.25, 0.3) is 11.8 Å². The number of benzene rings is 2. The molecule has 3 rings (SSSR count). The molecule has 1 heterocycles. The van der Waals surface area contributed by atoms with Crippen molar-refractivity contribution < 1.29 is 14.3 Å². The smallest absolute Gasteiger partial charge is 0.256 e. The normalized spacial score (nSPS) is 14.4. The van der Waals surface area contributed by atoms with Gasteiger partial charge in [-0.3, -0.25) is 14.5 Å². The summed E-state index contributed by atoms with van der Waals surface area (Å²) >= 11 is 3.38. The van der Waals surface area contributed by atoms with Crippen molar-refractivity contribution in [2.45, 2.75) is 12.8 Å². The molecule has 154 valence electrons. The molecule has 2 amide bonds. The van der Waals surface area contributed by atoms with E-state index in [1.807, 2.05) is 12.1 Å². The van der Waals surface area contributed by atoms with Crippen molar-refractivity contribution in [3.8, 4) is 0 Å². The number of unbranched alkanes of at least 4 members (excludes halogenated alkanes) is 1. The molecule has 2 N–H and O–H groups in total.